The summed E-state index contributed by atoms with van der Waals surface area (Å²) >= 11 is 1.47. The molecule has 2 fully saturated rings. The average Bonchev–Trinajstić information content (AvgIpc) is 3.40. The van der Waals surface area contributed by atoms with Gasteiger partial charge in [-0.15, -0.1) is 0 Å². The van der Waals surface area contributed by atoms with Crippen LogP contribution in [0.5, 0.6) is 0 Å². The Labute approximate surface area is 230 Å². The van der Waals surface area contributed by atoms with E-state index in [1.54, 1.807) is 6.20 Å². The van der Waals surface area contributed by atoms with E-state index in [1.807, 2.05) is 64.4 Å². The lowest BCUT2D eigenvalue weighted by atomic mass is 10.0. The summed E-state index contributed by atoms with van der Waals surface area (Å²) in [4.78, 5) is 38.3. The van der Waals surface area contributed by atoms with Crippen LogP contribution in [0.4, 0.5) is 9.93 Å². The van der Waals surface area contributed by atoms with Crippen molar-refractivity contribution in [3.8, 4) is 11.1 Å². The molecule has 2 aromatic carbocycles. The number of urea groups is 1. The number of carbonyl (C=O) groups excluding carboxylic acids is 2. The second-order valence-corrected chi connectivity index (χ2v) is 10.7. The van der Waals surface area contributed by atoms with Crippen molar-refractivity contribution in [2.75, 3.05) is 44.7 Å². The Hall–Kier alpha value is -4.08. The summed E-state index contributed by atoms with van der Waals surface area (Å²) in [6.07, 6.45) is 5.59. The number of likely N-dealkylation sites (tertiary alicyclic amines) is 1. The van der Waals surface area contributed by atoms with E-state index < -0.39 is 0 Å². The maximum absolute atomic E-state index is 12.9. The first-order chi connectivity index (χ1) is 19.1. The molecule has 0 radical (unpaired) electrons. The molecule has 0 atom stereocenters. The molecule has 0 bridgehead atoms. The van der Waals surface area contributed by atoms with Gasteiger partial charge in [-0.05, 0) is 66.4 Å². The van der Waals surface area contributed by atoms with Gasteiger partial charge in [-0.2, -0.15) is 0 Å². The van der Waals surface area contributed by atoms with Crippen LogP contribution in [-0.2, 0) is 4.74 Å². The molecule has 3 amide bonds. The lowest BCUT2D eigenvalue weighted by molar-refractivity contribution is 0.0303. The molecular weight excluding hydrogens is 510 g/mol. The second-order valence-electron chi connectivity index (χ2n) is 9.66. The molecule has 4 aromatic rings. The molecule has 198 valence electrons. The number of hydrogen-bond donors (Lipinski definition) is 1. The highest BCUT2D eigenvalue weighted by Crippen LogP contribution is 2.31. The molecule has 0 spiro atoms. The summed E-state index contributed by atoms with van der Waals surface area (Å²) in [7, 11) is 0. The Bertz CT molecular complexity index is 1500. The second kappa shape index (κ2) is 11.3. The van der Waals surface area contributed by atoms with Crippen LogP contribution in [0.3, 0.4) is 0 Å². The molecule has 0 unspecified atom stereocenters. The smallest absolute Gasteiger partial charge is 0.323 e. The van der Waals surface area contributed by atoms with Crippen LogP contribution in [-0.4, -0.2) is 71.1 Å². The van der Waals surface area contributed by atoms with Crippen LogP contribution in [0.2, 0.25) is 0 Å². The van der Waals surface area contributed by atoms with Gasteiger partial charge in [0.2, 0.25) is 0 Å². The average molecular weight is 540 g/mol. The summed E-state index contributed by atoms with van der Waals surface area (Å²) in [6, 6.07) is 19.6. The molecule has 4 heterocycles. The van der Waals surface area contributed by atoms with Gasteiger partial charge in [0, 0.05) is 37.9 Å². The predicted molar refractivity (Wildman–Crippen MR) is 154 cm³/mol. The zero-order chi connectivity index (χ0) is 26.6. The number of anilines is 1. The van der Waals surface area contributed by atoms with Crippen LogP contribution in [0, 0.1) is 0 Å². The number of rotatable bonds is 4. The third-order valence-corrected chi connectivity index (χ3v) is 8.03. The fourth-order valence-electron chi connectivity index (χ4n) is 4.89. The van der Waals surface area contributed by atoms with Gasteiger partial charge in [0.05, 0.1) is 29.1 Å². The van der Waals surface area contributed by atoms with Crippen LogP contribution in [0.1, 0.15) is 28.9 Å². The van der Waals surface area contributed by atoms with E-state index in [0.29, 0.717) is 50.1 Å². The molecule has 2 saturated heterocycles. The van der Waals surface area contributed by atoms with E-state index in [9.17, 15) is 9.59 Å². The van der Waals surface area contributed by atoms with Gasteiger partial charge in [0.15, 0.2) is 5.13 Å². The fraction of sp³-hybridized carbons (Fsp3) is 0.267. The first kappa shape index (κ1) is 25.2. The normalized spacial score (nSPS) is 15.8. The highest BCUT2D eigenvalue weighted by atomic mass is 32.1. The number of pyridine rings is 1. The molecule has 0 saturated carbocycles. The number of aromatic nitrogens is 2. The number of hydrogen-bond acceptors (Lipinski definition) is 6. The van der Waals surface area contributed by atoms with Crippen molar-refractivity contribution in [2.45, 2.75) is 12.8 Å². The summed E-state index contributed by atoms with van der Waals surface area (Å²) in [5, 5.41) is 3.58. The zero-order valence-corrected chi connectivity index (χ0v) is 22.3. The highest BCUT2D eigenvalue weighted by molar-refractivity contribution is 7.22. The van der Waals surface area contributed by atoms with Crippen LogP contribution >= 0.6 is 11.3 Å². The Balaban J connectivity index is 1.09. The molecule has 2 aromatic heterocycles. The van der Waals surface area contributed by atoms with E-state index in [2.05, 4.69) is 27.4 Å². The number of amides is 3. The topological polar surface area (TPSA) is 87.7 Å². The maximum Gasteiger partial charge on any atom is 0.323 e. The van der Waals surface area contributed by atoms with Gasteiger partial charge in [-0.25, -0.2) is 9.78 Å². The van der Waals surface area contributed by atoms with Crippen LogP contribution in [0.15, 0.2) is 72.4 Å². The van der Waals surface area contributed by atoms with Crippen LogP contribution in [0.25, 0.3) is 27.4 Å². The highest BCUT2D eigenvalue weighted by Gasteiger charge is 2.21. The Morgan fingerprint density at radius 2 is 1.67 bits per heavy atom. The molecule has 1 N–H and O–H groups in total. The first-order valence-corrected chi connectivity index (χ1v) is 14.0. The Morgan fingerprint density at radius 3 is 2.41 bits per heavy atom. The van der Waals surface area contributed by atoms with E-state index in [4.69, 9.17) is 4.74 Å². The van der Waals surface area contributed by atoms with Crippen molar-refractivity contribution < 1.29 is 14.3 Å². The fourth-order valence-corrected chi connectivity index (χ4v) is 5.79. The molecule has 9 heteroatoms. The zero-order valence-electron chi connectivity index (χ0n) is 21.5. The van der Waals surface area contributed by atoms with E-state index in [1.165, 1.54) is 16.9 Å². The van der Waals surface area contributed by atoms with Gasteiger partial charge in [-0.3, -0.25) is 15.1 Å². The van der Waals surface area contributed by atoms with Gasteiger partial charge in [0.25, 0.3) is 5.91 Å². The van der Waals surface area contributed by atoms with Gasteiger partial charge >= 0.3 is 6.03 Å². The molecule has 8 nitrogen and oxygen atoms in total. The molecule has 6 rings (SSSR count). The van der Waals surface area contributed by atoms with Gasteiger partial charge < -0.3 is 14.5 Å². The number of thiazole rings is 1. The predicted octanol–water partition coefficient (Wildman–Crippen LogP) is 5.54. The van der Waals surface area contributed by atoms with Gasteiger partial charge in [0.1, 0.15) is 0 Å². The minimum absolute atomic E-state index is 0.0392. The lowest BCUT2D eigenvalue weighted by Crippen LogP contribution is -2.40. The van der Waals surface area contributed by atoms with Crippen molar-refractivity contribution in [3.63, 3.8) is 0 Å². The Kier molecular flexibility index (Phi) is 7.33. The van der Waals surface area contributed by atoms with Crippen molar-refractivity contribution in [3.05, 3.63) is 83.7 Å². The summed E-state index contributed by atoms with van der Waals surface area (Å²) in [6.45, 7) is 3.77. The summed E-state index contributed by atoms with van der Waals surface area (Å²) < 4.78 is 6.34. The lowest BCUT2D eigenvalue weighted by Gasteiger charge is -2.28. The van der Waals surface area contributed by atoms with Crippen molar-refractivity contribution in [1.82, 2.24) is 19.8 Å². The molecule has 0 aliphatic carbocycles. The van der Waals surface area contributed by atoms with E-state index >= 15 is 0 Å². The maximum atomic E-state index is 12.9. The third kappa shape index (κ3) is 5.84. The quantitative estimate of drug-likeness (QED) is 0.368. The summed E-state index contributed by atoms with van der Waals surface area (Å²) in [5.74, 6) is 0.0392. The van der Waals surface area contributed by atoms with Crippen molar-refractivity contribution in [2.24, 2.45) is 0 Å². The monoisotopic (exact) mass is 539 g/mol. The minimum Gasteiger partial charge on any atom is -0.378 e. The van der Waals surface area contributed by atoms with E-state index in [0.717, 1.165) is 39.9 Å². The number of carbonyl (C=O) groups is 2. The van der Waals surface area contributed by atoms with Crippen molar-refractivity contribution >= 4 is 44.7 Å². The SMILES string of the molecule is O=C(Nc1nc2ccc(-c3ccc(C(=O)N4CCOCC4)cc3)cc2s1)N1CCC(=Cc2ccccn2)CC1. The number of piperidine rings is 1. The minimum atomic E-state index is -0.119. The Morgan fingerprint density at radius 1 is 0.897 bits per heavy atom. The molecule has 2 aliphatic heterocycles. The number of benzene rings is 2. The van der Waals surface area contributed by atoms with E-state index in [-0.39, 0.29) is 11.9 Å². The molecule has 2 aliphatic rings. The number of nitrogens with zero attached hydrogens (tertiary/aromatic N) is 4. The number of nitrogens with one attached hydrogen (secondary N) is 1. The van der Waals surface area contributed by atoms with Crippen LogP contribution < -0.4 is 5.32 Å². The molecular formula is C30H29N5O3S. The number of fused-ring (bicyclic) bond motifs is 1. The summed E-state index contributed by atoms with van der Waals surface area (Å²) in [5.41, 5.74) is 5.86. The van der Waals surface area contributed by atoms with Gasteiger partial charge in [-0.1, -0.05) is 41.2 Å². The molecule has 39 heavy (non-hydrogen) atoms. The van der Waals surface area contributed by atoms with Crippen molar-refractivity contribution in [1.29, 1.82) is 0 Å². The largest absolute Gasteiger partial charge is 0.378 e. The number of morpholine rings is 1. The third-order valence-electron chi connectivity index (χ3n) is 7.10. The number of ether oxygens (including phenoxy) is 1. The standard InChI is InChI=1S/C30H29N5O3S/c36-28(34-15-17-38-18-16-34)23-6-4-22(5-7-23)24-8-9-26-27(20-24)39-29(32-26)33-30(37)35-13-10-21(11-14-35)19-25-3-1-2-12-31-25/h1-9,12,19-20H,10-11,13-18H2,(H,32,33,37). The first-order valence-electron chi connectivity index (χ1n) is 13.2.